The van der Waals surface area contributed by atoms with Crippen LogP contribution in [-0.2, 0) is 4.74 Å². The topological polar surface area (TPSA) is 80.5 Å². The maximum Gasteiger partial charge on any atom is 0.407 e. The van der Waals surface area contributed by atoms with Gasteiger partial charge < -0.3 is 20.7 Å². The van der Waals surface area contributed by atoms with Gasteiger partial charge in [-0.1, -0.05) is 13.3 Å². The summed E-state index contributed by atoms with van der Waals surface area (Å²) in [5, 5.41) is 3.00. The van der Waals surface area contributed by atoms with Crippen molar-refractivity contribution in [3.8, 4) is 0 Å². The zero-order chi connectivity index (χ0) is 17.0. The van der Waals surface area contributed by atoms with E-state index >= 15 is 0 Å². The van der Waals surface area contributed by atoms with E-state index in [1.165, 1.54) is 0 Å². The van der Waals surface area contributed by atoms with E-state index in [0.29, 0.717) is 11.6 Å². The van der Waals surface area contributed by atoms with Crippen molar-refractivity contribution < 1.29 is 9.53 Å². The van der Waals surface area contributed by atoms with Gasteiger partial charge in [-0.15, -0.1) is 0 Å². The van der Waals surface area contributed by atoms with Crippen LogP contribution in [0.4, 0.5) is 16.2 Å². The first-order valence-corrected chi connectivity index (χ1v) is 8.22. The average Bonchev–Trinajstić information content (AvgIpc) is 2.45. The molecule has 2 rings (SSSR count). The van der Waals surface area contributed by atoms with Crippen LogP contribution in [-0.4, -0.2) is 35.8 Å². The lowest BCUT2D eigenvalue weighted by molar-refractivity contribution is 0.0493. The number of piperidine rings is 1. The van der Waals surface area contributed by atoms with E-state index in [4.69, 9.17) is 10.5 Å². The molecular formula is C17H28N4O2. The highest BCUT2D eigenvalue weighted by molar-refractivity contribution is 5.69. The van der Waals surface area contributed by atoms with Gasteiger partial charge in [0.15, 0.2) is 0 Å². The molecule has 6 heteroatoms. The SMILES string of the molecule is CCC1CC(NC(=O)OC(C)(C)C)CN(c2ccncc2N)C1. The molecule has 2 unspecified atom stereocenters. The smallest absolute Gasteiger partial charge is 0.407 e. The lowest BCUT2D eigenvalue weighted by Gasteiger charge is -2.39. The molecule has 6 nitrogen and oxygen atoms in total. The minimum absolute atomic E-state index is 0.0520. The third kappa shape index (κ3) is 5.01. The third-order valence-corrected chi connectivity index (χ3v) is 4.00. The monoisotopic (exact) mass is 320 g/mol. The Balaban J connectivity index is 2.06. The van der Waals surface area contributed by atoms with Crippen LogP contribution in [0.15, 0.2) is 18.5 Å². The Morgan fingerprint density at radius 3 is 2.83 bits per heavy atom. The third-order valence-electron chi connectivity index (χ3n) is 4.00. The number of alkyl carbamates (subject to hydrolysis) is 1. The maximum absolute atomic E-state index is 12.0. The van der Waals surface area contributed by atoms with Crippen molar-refractivity contribution in [3.63, 3.8) is 0 Å². The molecule has 23 heavy (non-hydrogen) atoms. The second-order valence-corrected chi connectivity index (χ2v) is 7.19. The highest BCUT2D eigenvalue weighted by atomic mass is 16.6. The van der Waals surface area contributed by atoms with Crippen LogP contribution in [0.1, 0.15) is 40.5 Å². The van der Waals surface area contributed by atoms with E-state index in [0.717, 1.165) is 31.6 Å². The molecule has 1 aliphatic rings. The van der Waals surface area contributed by atoms with E-state index in [1.54, 1.807) is 12.4 Å². The van der Waals surface area contributed by atoms with E-state index in [-0.39, 0.29) is 12.1 Å². The molecule has 1 aliphatic heterocycles. The highest BCUT2D eigenvalue weighted by Crippen LogP contribution is 2.28. The van der Waals surface area contributed by atoms with Gasteiger partial charge in [0, 0.05) is 19.3 Å². The number of ether oxygens (including phenoxy) is 1. The van der Waals surface area contributed by atoms with Gasteiger partial charge in [-0.2, -0.15) is 0 Å². The van der Waals surface area contributed by atoms with E-state index in [9.17, 15) is 4.79 Å². The van der Waals surface area contributed by atoms with Crippen molar-refractivity contribution in [1.29, 1.82) is 0 Å². The molecule has 1 fully saturated rings. The maximum atomic E-state index is 12.0. The standard InChI is InChI=1S/C17H28N4O2/c1-5-12-8-13(20-16(22)23-17(2,3)4)11-21(10-12)15-6-7-19-9-14(15)18/h6-7,9,12-13H,5,8,10-11,18H2,1-4H3,(H,20,22). The number of carbonyl (C=O) groups excluding carboxylic acids is 1. The fourth-order valence-corrected chi connectivity index (χ4v) is 2.96. The van der Waals surface area contributed by atoms with Crippen LogP contribution in [0, 0.1) is 5.92 Å². The summed E-state index contributed by atoms with van der Waals surface area (Å²) < 4.78 is 5.37. The molecule has 1 aromatic rings. The first kappa shape index (κ1) is 17.4. The molecule has 0 aromatic carbocycles. The average molecular weight is 320 g/mol. The van der Waals surface area contributed by atoms with Crippen molar-refractivity contribution >= 4 is 17.5 Å². The van der Waals surface area contributed by atoms with Crippen LogP contribution in [0.3, 0.4) is 0 Å². The number of nitrogens with one attached hydrogen (secondary N) is 1. The Labute approximate surface area is 138 Å². The molecule has 3 N–H and O–H groups in total. The summed E-state index contributed by atoms with van der Waals surface area (Å²) in [4.78, 5) is 18.3. The number of anilines is 2. The number of nitrogen functional groups attached to an aromatic ring is 1. The normalized spacial score (nSPS) is 21.8. The predicted octanol–water partition coefficient (Wildman–Crippen LogP) is 2.79. The predicted molar refractivity (Wildman–Crippen MR) is 92.4 cm³/mol. The van der Waals surface area contributed by atoms with Crippen LogP contribution in [0.5, 0.6) is 0 Å². The highest BCUT2D eigenvalue weighted by Gasteiger charge is 2.29. The molecule has 0 bridgehead atoms. The molecule has 1 aromatic heterocycles. The van der Waals surface area contributed by atoms with Crippen LogP contribution in [0.25, 0.3) is 0 Å². The molecule has 0 aliphatic carbocycles. The van der Waals surface area contributed by atoms with Gasteiger partial charge in [0.1, 0.15) is 5.60 Å². The molecular weight excluding hydrogens is 292 g/mol. The minimum Gasteiger partial charge on any atom is -0.444 e. The molecule has 1 amide bonds. The molecule has 0 radical (unpaired) electrons. The van der Waals surface area contributed by atoms with Crippen LogP contribution in [0.2, 0.25) is 0 Å². The Bertz CT molecular complexity index is 542. The fraction of sp³-hybridized carbons (Fsp3) is 0.647. The summed E-state index contributed by atoms with van der Waals surface area (Å²) in [5.74, 6) is 0.510. The Morgan fingerprint density at radius 1 is 1.48 bits per heavy atom. The van der Waals surface area contributed by atoms with Gasteiger partial charge in [-0.05, 0) is 39.2 Å². The Hall–Kier alpha value is -1.98. The number of carbonyl (C=O) groups is 1. The van der Waals surface area contributed by atoms with Gasteiger partial charge in [0.05, 0.1) is 23.6 Å². The van der Waals surface area contributed by atoms with Crippen molar-refractivity contribution in [2.24, 2.45) is 5.92 Å². The molecule has 128 valence electrons. The summed E-state index contributed by atoms with van der Waals surface area (Å²) in [6.45, 7) is 9.45. The fourth-order valence-electron chi connectivity index (χ4n) is 2.96. The first-order chi connectivity index (χ1) is 10.8. The second kappa shape index (κ2) is 7.06. The van der Waals surface area contributed by atoms with Crippen molar-refractivity contribution in [2.75, 3.05) is 23.7 Å². The van der Waals surface area contributed by atoms with Crippen molar-refractivity contribution in [3.05, 3.63) is 18.5 Å². The van der Waals surface area contributed by atoms with Crippen molar-refractivity contribution in [1.82, 2.24) is 10.3 Å². The number of nitrogens with two attached hydrogens (primary N) is 1. The zero-order valence-corrected chi connectivity index (χ0v) is 14.5. The summed E-state index contributed by atoms with van der Waals surface area (Å²) in [6, 6.07) is 1.98. The van der Waals surface area contributed by atoms with Crippen molar-refractivity contribution in [2.45, 2.75) is 52.2 Å². The lowest BCUT2D eigenvalue weighted by atomic mass is 9.91. The molecule has 1 saturated heterocycles. The van der Waals surface area contributed by atoms with E-state index in [1.807, 2.05) is 26.8 Å². The number of rotatable bonds is 3. The number of pyridine rings is 1. The Kier molecular flexibility index (Phi) is 5.34. The number of aromatic nitrogens is 1. The number of amides is 1. The van der Waals surface area contributed by atoms with Crippen LogP contribution < -0.4 is 16.0 Å². The van der Waals surface area contributed by atoms with Gasteiger partial charge in [0.2, 0.25) is 0 Å². The van der Waals surface area contributed by atoms with Gasteiger partial charge in [-0.25, -0.2) is 4.79 Å². The van der Waals surface area contributed by atoms with Gasteiger partial charge >= 0.3 is 6.09 Å². The summed E-state index contributed by atoms with van der Waals surface area (Å²) in [7, 11) is 0. The summed E-state index contributed by atoms with van der Waals surface area (Å²) in [5.41, 5.74) is 7.21. The molecule has 0 saturated carbocycles. The van der Waals surface area contributed by atoms with Crippen LogP contribution >= 0.6 is 0 Å². The minimum atomic E-state index is -0.488. The Morgan fingerprint density at radius 2 is 2.22 bits per heavy atom. The zero-order valence-electron chi connectivity index (χ0n) is 14.5. The second-order valence-electron chi connectivity index (χ2n) is 7.19. The molecule has 0 spiro atoms. The largest absolute Gasteiger partial charge is 0.444 e. The summed E-state index contributed by atoms with van der Waals surface area (Å²) >= 11 is 0. The number of nitrogens with zero attached hydrogens (tertiary/aromatic N) is 2. The molecule has 2 heterocycles. The van der Waals surface area contributed by atoms with Gasteiger partial charge in [0.25, 0.3) is 0 Å². The van der Waals surface area contributed by atoms with Gasteiger partial charge in [-0.3, -0.25) is 4.98 Å². The van der Waals surface area contributed by atoms with E-state index < -0.39 is 5.60 Å². The summed E-state index contributed by atoms with van der Waals surface area (Å²) in [6.07, 6.45) is 5.08. The quantitative estimate of drug-likeness (QED) is 0.895. The first-order valence-electron chi connectivity index (χ1n) is 8.22. The molecule has 2 atom stereocenters. The van der Waals surface area contributed by atoms with E-state index in [2.05, 4.69) is 22.1 Å². The lowest BCUT2D eigenvalue weighted by Crippen LogP contribution is -2.51. The number of hydrogen-bond acceptors (Lipinski definition) is 5. The number of hydrogen-bond donors (Lipinski definition) is 2.